The maximum atomic E-state index is 6.08. The zero-order valence-electron chi connectivity index (χ0n) is 9.34. The number of fused-ring (bicyclic) bond motifs is 1. The van der Waals surface area contributed by atoms with E-state index >= 15 is 0 Å². The van der Waals surface area contributed by atoms with Gasteiger partial charge in [0, 0.05) is 18.0 Å². The van der Waals surface area contributed by atoms with Crippen molar-refractivity contribution >= 4 is 34.4 Å². The number of aromatic nitrogens is 3. The molecule has 0 aliphatic heterocycles. The van der Waals surface area contributed by atoms with Crippen LogP contribution in [0.5, 0.6) is 0 Å². The molecule has 90 valence electrons. The quantitative estimate of drug-likeness (QED) is 0.695. The van der Waals surface area contributed by atoms with Crippen LogP contribution >= 0.6 is 11.6 Å². The van der Waals surface area contributed by atoms with Gasteiger partial charge in [-0.1, -0.05) is 11.6 Å². The molecule has 3 rings (SSSR count). The fourth-order valence-electron chi connectivity index (χ4n) is 1.66. The molecule has 0 aliphatic rings. The van der Waals surface area contributed by atoms with Crippen molar-refractivity contribution in [3.63, 3.8) is 0 Å². The van der Waals surface area contributed by atoms with Crippen LogP contribution < -0.4 is 11.1 Å². The molecule has 0 bridgehead atoms. The van der Waals surface area contributed by atoms with Crippen LogP contribution in [0.1, 0.15) is 0 Å². The number of nitrogen functional groups attached to an aromatic ring is 1. The molecule has 5 nitrogen and oxygen atoms in total. The van der Waals surface area contributed by atoms with Gasteiger partial charge in [-0.15, -0.1) is 0 Å². The van der Waals surface area contributed by atoms with Crippen molar-refractivity contribution < 1.29 is 0 Å². The van der Waals surface area contributed by atoms with Crippen LogP contribution in [0.25, 0.3) is 5.65 Å². The maximum absolute atomic E-state index is 6.08. The van der Waals surface area contributed by atoms with E-state index in [4.69, 9.17) is 17.3 Å². The molecule has 0 unspecified atom stereocenters. The third kappa shape index (κ3) is 1.96. The molecule has 0 fully saturated rings. The second kappa shape index (κ2) is 4.19. The number of nitrogens with zero attached hydrogens (tertiary/aromatic N) is 3. The first-order chi connectivity index (χ1) is 8.72. The van der Waals surface area contributed by atoms with E-state index in [1.54, 1.807) is 28.9 Å². The number of halogens is 1. The molecule has 2 heterocycles. The Morgan fingerprint density at radius 2 is 2.11 bits per heavy atom. The van der Waals surface area contributed by atoms with Crippen LogP contribution in [0.4, 0.5) is 17.2 Å². The SMILES string of the molecule is Nc1ccc(Cl)c(Nc2ccn3nccc3n2)c1. The van der Waals surface area contributed by atoms with Crippen molar-refractivity contribution in [3.8, 4) is 0 Å². The molecule has 0 atom stereocenters. The average Bonchev–Trinajstić information content (AvgIpc) is 2.81. The highest BCUT2D eigenvalue weighted by molar-refractivity contribution is 6.33. The smallest absolute Gasteiger partial charge is 0.157 e. The summed E-state index contributed by atoms with van der Waals surface area (Å²) in [7, 11) is 0. The molecule has 0 radical (unpaired) electrons. The second-order valence-electron chi connectivity index (χ2n) is 3.81. The van der Waals surface area contributed by atoms with Gasteiger partial charge in [0.05, 0.1) is 16.9 Å². The first kappa shape index (κ1) is 10.9. The lowest BCUT2D eigenvalue weighted by Gasteiger charge is -2.08. The van der Waals surface area contributed by atoms with E-state index < -0.39 is 0 Å². The summed E-state index contributed by atoms with van der Waals surface area (Å²) in [5.41, 5.74) is 7.86. The second-order valence-corrected chi connectivity index (χ2v) is 4.22. The summed E-state index contributed by atoms with van der Waals surface area (Å²) in [5.74, 6) is 0.690. The molecule has 1 aromatic carbocycles. The summed E-state index contributed by atoms with van der Waals surface area (Å²) < 4.78 is 1.69. The third-order valence-corrected chi connectivity index (χ3v) is 2.84. The number of nitrogens with two attached hydrogens (primary N) is 1. The molecule has 0 spiro atoms. The molecule has 3 aromatic rings. The largest absolute Gasteiger partial charge is 0.399 e. The van der Waals surface area contributed by atoms with E-state index in [0.29, 0.717) is 16.5 Å². The van der Waals surface area contributed by atoms with Crippen molar-refractivity contribution in [1.82, 2.24) is 14.6 Å². The van der Waals surface area contributed by atoms with Gasteiger partial charge in [-0.2, -0.15) is 5.10 Å². The van der Waals surface area contributed by atoms with E-state index in [-0.39, 0.29) is 0 Å². The highest BCUT2D eigenvalue weighted by atomic mass is 35.5. The Morgan fingerprint density at radius 3 is 3.00 bits per heavy atom. The van der Waals surface area contributed by atoms with E-state index in [1.165, 1.54) is 0 Å². The summed E-state index contributed by atoms with van der Waals surface area (Å²) >= 11 is 6.08. The molecule has 3 N–H and O–H groups in total. The molecule has 6 heteroatoms. The van der Waals surface area contributed by atoms with E-state index in [9.17, 15) is 0 Å². The Morgan fingerprint density at radius 1 is 1.22 bits per heavy atom. The Bertz CT molecular complexity index is 707. The summed E-state index contributed by atoms with van der Waals surface area (Å²) in [5, 5.41) is 7.81. The van der Waals surface area contributed by atoms with Gasteiger partial charge in [-0.25, -0.2) is 9.50 Å². The first-order valence-corrected chi connectivity index (χ1v) is 5.72. The summed E-state index contributed by atoms with van der Waals surface area (Å²) in [6, 6.07) is 8.91. The molecule has 0 saturated heterocycles. The van der Waals surface area contributed by atoms with E-state index in [1.807, 2.05) is 18.3 Å². The van der Waals surface area contributed by atoms with Gasteiger partial charge in [-0.3, -0.25) is 0 Å². The average molecular weight is 260 g/mol. The van der Waals surface area contributed by atoms with Gasteiger partial charge in [0.2, 0.25) is 0 Å². The number of hydrogen-bond donors (Lipinski definition) is 2. The number of benzene rings is 1. The zero-order valence-corrected chi connectivity index (χ0v) is 10.1. The van der Waals surface area contributed by atoms with Gasteiger partial charge in [0.15, 0.2) is 5.65 Å². The van der Waals surface area contributed by atoms with Gasteiger partial charge < -0.3 is 11.1 Å². The fourth-order valence-corrected chi connectivity index (χ4v) is 1.82. The molecule has 18 heavy (non-hydrogen) atoms. The molecule has 2 aromatic heterocycles. The number of anilines is 3. The third-order valence-electron chi connectivity index (χ3n) is 2.51. The number of rotatable bonds is 2. The van der Waals surface area contributed by atoms with Crippen molar-refractivity contribution in [3.05, 3.63) is 47.7 Å². The Hall–Kier alpha value is -2.27. The lowest BCUT2D eigenvalue weighted by Crippen LogP contribution is -1.98. The van der Waals surface area contributed by atoms with Gasteiger partial charge >= 0.3 is 0 Å². The monoisotopic (exact) mass is 259 g/mol. The Balaban J connectivity index is 1.97. The van der Waals surface area contributed by atoms with Gasteiger partial charge in [0.1, 0.15) is 5.82 Å². The van der Waals surface area contributed by atoms with Crippen LogP contribution in [-0.2, 0) is 0 Å². The van der Waals surface area contributed by atoms with Crippen molar-refractivity contribution in [1.29, 1.82) is 0 Å². The standard InChI is InChI=1S/C12H10ClN5/c13-9-2-1-8(14)7-10(9)16-11-4-6-18-12(17-11)3-5-15-18/h1-7H,14H2,(H,16,17). The predicted octanol–water partition coefficient (Wildman–Crippen LogP) is 2.71. The van der Waals surface area contributed by atoms with Crippen LogP contribution in [-0.4, -0.2) is 14.6 Å². The van der Waals surface area contributed by atoms with E-state index in [2.05, 4.69) is 15.4 Å². The predicted molar refractivity (Wildman–Crippen MR) is 72.1 cm³/mol. The fraction of sp³-hybridized carbons (Fsp3) is 0. The minimum atomic E-state index is 0.597. The number of hydrogen-bond acceptors (Lipinski definition) is 4. The van der Waals surface area contributed by atoms with Crippen molar-refractivity contribution in [2.24, 2.45) is 0 Å². The van der Waals surface area contributed by atoms with Crippen molar-refractivity contribution in [2.45, 2.75) is 0 Å². The summed E-state index contributed by atoms with van der Waals surface area (Å²) in [4.78, 5) is 4.39. The van der Waals surface area contributed by atoms with Gasteiger partial charge in [0.25, 0.3) is 0 Å². The number of nitrogens with one attached hydrogen (secondary N) is 1. The zero-order chi connectivity index (χ0) is 12.5. The maximum Gasteiger partial charge on any atom is 0.157 e. The minimum Gasteiger partial charge on any atom is -0.399 e. The summed E-state index contributed by atoms with van der Waals surface area (Å²) in [6.45, 7) is 0. The molecule has 0 aliphatic carbocycles. The Labute approximate surface area is 108 Å². The minimum absolute atomic E-state index is 0.597. The lowest BCUT2D eigenvalue weighted by molar-refractivity contribution is 0.941. The first-order valence-electron chi connectivity index (χ1n) is 5.35. The van der Waals surface area contributed by atoms with E-state index in [0.717, 1.165) is 11.3 Å². The molecule has 0 saturated carbocycles. The van der Waals surface area contributed by atoms with Crippen molar-refractivity contribution in [2.75, 3.05) is 11.1 Å². The molecular weight excluding hydrogens is 250 g/mol. The Kier molecular flexibility index (Phi) is 2.53. The normalized spacial score (nSPS) is 10.7. The molecule has 0 amide bonds. The highest BCUT2D eigenvalue weighted by Crippen LogP contribution is 2.26. The van der Waals surface area contributed by atoms with Crippen LogP contribution in [0, 0.1) is 0 Å². The molecular formula is C12H10ClN5. The highest BCUT2D eigenvalue weighted by Gasteiger charge is 2.03. The summed E-state index contributed by atoms with van der Waals surface area (Å²) in [6.07, 6.45) is 3.52. The lowest BCUT2D eigenvalue weighted by atomic mass is 10.3. The topological polar surface area (TPSA) is 68.2 Å². The van der Waals surface area contributed by atoms with Crippen LogP contribution in [0.2, 0.25) is 5.02 Å². The van der Waals surface area contributed by atoms with Crippen LogP contribution in [0.15, 0.2) is 42.7 Å². The van der Waals surface area contributed by atoms with Crippen LogP contribution in [0.3, 0.4) is 0 Å². The van der Waals surface area contributed by atoms with Gasteiger partial charge in [-0.05, 0) is 24.3 Å².